The molecule has 0 heterocycles. The summed E-state index contributed by atoms with van der Waals surface area (Å²) >= 11 is 0. The van der Waals surface area contributed by atoms with Gasteiger partial charge in [0.2, 0.25) is 5.91 Å². The number of benzene rings is 1. The Morgan fingerprint density at radius 1 is 1.31 bits per heavy atom. The third-order valence-electron chi connectivity index (χ3n) is 2.69. The quantitative estimate of drug-likeness (QED) is 0.810. The van der Waals surface area contributed by atoms with E-state index in [0.717, 1.165) is 6.42 Å². The number of hydrogen-bond acceptors (Lipinski definition) is 1. The average Bonchev–Trinajstić information content (AvgIpc) is 2.25. The fourth-order valence-electron chi connectivity index (χ4n) is 1.51. The van der Waals surface area contributed by atoms with E-state index in [-0.39, 0.29) is 5.91 Å². The zero-order chi connectivity index (χ0) is 12.0. The summed E-state index contributed by atoms with van der Waals surface area (Å²) in [7, 11) is 0. The zero-order valence-corrected chi connectivity index (χ0v) is 10.4. The van der Waals surface area contributed by atoms with Crippen molar-refractivity contribution in [2.75, 3.05) is 0 Å². The summed E-state index contributed by atoms with van der Waals surface area (Å²) < 4.78 is 0. The molecule has 0 saturated carbocycles. The van der Waals surface area contributed by atoms with Crippen LogP contribution in [0.4, 0.5) is 0 Å². The van der Waals surface area contributed by atoms with E-state index >= 15 is 0 Å². The van der Waals surface area contributed by atoms with E-state index in [1.165, 1.54) is 11.1 Å². The van der Waals surface area contributed by atoms with Crippen LogP contribution in [0.15, 0.2) is 24.3 Å². The van der Waals surface area contributed by atoms with Gasteiger partial charge in [-0.2, -0.15) is 0 Å². The second-order valence-corrected chi connectivity index (χ2v) is 4.64. The van der Waals surface area contributed by atoms with E-state index in [4.69, 9.17) is 0 Å². The Morgan fingerprint density at radius 2 is 2.00 bits per heavy atom. The van der Waals surface area contributed by atoms with Crippen LogP contribution in [-0.4, -0.2) is 5.91 Å². The van der Waals surface area contributed by atoms with Gasteiger partial charge in [-0.15, -0.1) is 0 Å². The number of carbonyl (C=O) groups excluding carboxylic acids is 1. The lowest BCUT2D eigenvalue weighted by Crippen LogP contribution is -2.23. The molecule has 2 heteroatoms. The van der Waals surface area contributed by atoms with Gasteiger partial charge >= 0.3 is 0 Å². The summed E-state index contributed by atoms with van der Waals surface area (Å²) in [4.78, 5) is 11.5. The number of carbonyl (C=O) groups is 1. The topological polar surface area (TPSA) is 29.1 Å². The molecule has 0 bridgehead atoms. The molecular weight excluding hydrogens is 198 g/mol. The van der Waals surface area contributed by atoms with Gasteiger partial charge in [-0.05, 0) is 30.4 Å². The van der Waals surface area contributed by atoms with Gasteiger partial charge in [0.15, 0.2) is 0 Å². The highest BCUT2D eigenvalue weighted by Gasteiger charge is 2.03. The molecule has 0 fully saturated rings. The Morgan fingerprint density at radius 3 is 2.62 bits per heavy atom. The summed E-state index contributed by atoms with van der Waals surface area (Å²) in [6.07, 6.45) is 1.59. The Hall–Kier alpha value is -1.31. The second-order valence-electron chi connectivity index (χ2n) is 4.64. The van der Waals surface area contributed by atoms with Crippen LogP contribution in [0.1, 0.15) is 37.8 Å². The van der Waals surface area contributed by atoms with Gasteiger partial charge in [0.05, 0.1) is 0 Å². The highest BCUT2D eigenvalue weighted by Crippen LogP contribution is 2.07. The number of amides is 1. The van der Waals surface area contributed by atoms with Crippen molar-refractivity contribution >= 4 is 5.91 Å². The van der Waals surface area contributed by atoms with Crippen LogP contribution in [0.5, 0.6) is 0 Å². The van der Waals surface area contributed by atoms with Crippen LogP contribution in [0.2, 0.25) is 0 Å². The third-order valence-corrected chi connectivity index (χ3v) is 2.69. The highest BCUT2D eigenvalue weighted by atomic mass is 16.1. The predicted molar refractivity (Wildman–Crippen MR) is 67.1 cm³/mol. The molecule has 0 radical (unpaired) electrons. The van der Waals surface area contributed by atoms with Crippen molar-refractivity contribution in [1.82, 2.24) is 5.32 Å². The molecule has 88 valence electrons. The molecule has 0 aliphatic rings. The summed E-state index contributed by atoms with van der Waals surface area (Å²) in [5.41, 5.74) is 2.42. The molecule has 1 aromatic carbocycles. The van der Waals surface area contributed by atoms with Crippen LogP contribution >= 0.6 is 0 Å². The average molecular weight is 219 g/mol. The van der Waals surface area contributed by atoms with Crippen LogP contribution < -0.4 is 5.32 Å². The fraction of sp³-hybridized carbons (Fsp3) is 0.500. The molecule has 1 aromatic rings. The minimum Gasteiger partial charge on any atom is -0.352 e. The molecule has 0 aliphatic carbocycles. The van der Waals surface area contributed by atoms with Crippen molar-refractivity contribution in [2.24, 2.45) is 5.92 Å². The lowest BCUT2D eigenvalue weighted by atomic mass is 10.1. The van der Waals surface area contributed by atoms with Crippen molar-refractivity contribution in [1.29, 1.82) is 0 Å². The fourth-order valence-corrected chi connectivity index (χ4v) is 1.51. The standard InChI is InChI=1S/C14H21NO/c1-11(2)8-9-14(16)15-10-13-7-5-4-6-12(13)3/h4-7,11H,8-10H2,1-3H3,(H,15,16). The molecule has 1 rings (SSSR count). The van der Waals surface area contributed by atoms with Crippen LogP contribution in [0.3, 0.4) is 0 Å². The van der Waals surface area contributed by atoms with Gasteiger partial charge in [0.25, 0.3) is 0 Å². The van der Waals surface area contributed by atoms with Crippen LogP contribution in [0, 0.1) is 12.8 Å². The first-order valence-electron chi connectivity index (χ1n) is 5.91. The number of rotatable bonds is 5. The molecule has 2 nitrogen and oxygen atoms in total. The van der Waals surface area contributed by atoms with Gasteiger partial charge in [-0.25, -0.2) is 0 Å². The summed E-state index contributed by atoms with van der Waals surface area (Å²) in [6, 6.07) is 8.13. The minimum absolute atomic E-state index is 0.150. The minimum atomic E-state index is 0.150. The van der Waals surface area contributed by atoms with Crippen molar-refractivity contribution in [3.8, 4) is 0 Å². The third kappa shape index (κ3) is 4.47. The first kappa shape index (κ1) is 12.8. The lowest BCUT2D eigenvalue weighted by molar-refractivity contribution is -0.121. The van der Waals surface area contributed by atoms with Crippen LogP contribution in [0.25, 0.3) is 0 Å². The van der Waals surface area contributed by atoms with E-state index in [2.05, 4.69) is 38.2 Å². The summed E-state index contributed by atoms with van der Waals surface area (Å²) in [5, 5.41) is 2.96. The van der Waals surface area contributed by atoms with Gasteiger partial charge in [0.1, 0.15) is 0 Å². The number of hydrogen-bond donors (Lipinski definition) is 1. The maximum absolute atomic E-state index is 11.5. The van der Waals surface area contributed by atoms with E-state index in [9.17, 15) is 4.79 Å². The van der Waals surface area contributed by atoms with Crippen molar-refractivity contribution in [2.45, 2.75) is 40.2 Å². The van der Waals surface area contributed by atoms with Gasteiger partial charge in [0, 0.05) is 13.0 Å². The molecule has 16 heavy (non-hydrogen) atoms. The molecule has 0 atom stereocenters. The molecule has 0 saturated heterocycles. The summed E-state index contributed by atoms with van der Waals surface area (Å²) in [6.45, 7) is 6.97. The Labute approximate surface area is 98.1 Å². The number of nitrogens with one attached hydrogen (secondary N) is 1. The molecule has 0 spiro atoms. The van der Waals surface area contributed by atoms with Crippen molar-refractivity contribution < 1.29 is 4.79 Å². The maximum atomic E-state index is 11.5. The van der Waals surface area contributed by atoms with Gasteiger partial charge < -0.3 is 5.32 Å². The van der Waals surface area contributed by atoms with Crippen LogP contribution in [-0.2, 0) is 11.3 Å². The Kier molecular flexibility index (Phi) is 5.03. The van der Waals surface area contributed by atoms with E-state index < -0.39 is 0 Å². The Bertz CT molecular complexity index is 344. The second kappa shape index (κ2) is 6.31. The lowest BCUT2D eigenvalue weighted by Gasteiger charge is -2.08. The van der Waals surface area contributed by atoms with Gasteiger partial charge in [-0.1, -0.05) is 38.1 Å². The normalized spacial score (nSPS) is 10.5. The van der Waals surface area contributed by atoms with E-state index in [1.54, 1.807) is 0 Å². The molecule has 1 N–H and O–H groups in total. The molecular formula is C14H21NO. The monoisotopic (exact) mass is 219 g/mol. The zero-order valence-electron chi connectivity index (χ0n) is 10.4. The smallest absolute Gasteiger partial charge is 0.220 e. The summed E-state index contributed by atoms with van der Waals surface area (Å²) in [5.74, 6) is 0.737. The molecule has 0 unspecified atom stereocenters. The van der Waals surface area contributed by atoms with Crippen molar-refractivity contribution in [3.63, 3.8) is 0 Å². The molecule has 0 aromatic heterocycles. The highest BCUT2D eigenvalue weighted by molar-refractivity contribution is 5.75. The Balaban J connectivity index is 2.35. The maximum Gasteiger partial charge on any atom is 0.220 e. The predicted octanol–water partition coefficient (Wildman–Crippen LogP) is 3.05. The SMILES string of the molecule is Cc1ccccc1CNC(=O)CCC(C)C. The van der Waals surface area contributed by atoms with E-state index in [1.807, 2.05) is 12.1 Å². The largest absolute Gasteiger partial charge is 0.352 e. The van der Waals surface area contributed by atoms with Crippen molar-refractivity contribution in [3.05, 3.63) is 35.4 Å². The number of aryl methyl sites for hydroxylation is 1. The first-order valence-corrected chi connectivity index (χ1v) is 5.91. The first-order chi connectivity index (χ1) is 7.59. The molecule has 0 aliphatic heterocycles. The molecule has 1 amide bonds. The van der Waals surface area contributed by atoms with E-state index in [0.29, 0.717) is 18.9 Å². The van der Waals surface area contributed by atoms with Gasteiger partial charge in [-0.3, -0.25) is 4.79 Å².